The van der Waals surface area contributed by atoms with Crippen molar-refractivity contribution in [3.63, 3.8) is 0 Å². The Morgan fingerprint density at radius 2 is 1.45 bits per heavy atom. The van der Waals surface area contributed by atoms with Crippen LogP contribution in [0, 0.1) is 0 Å². The first kappa shape index (κ1) is 16.7. The molecular formula is C19H27NO2. The number of fused-ring (bicyclic) bond motifs is 1. The van der Waals surface area contributed by atoms with Crippen LogP contribution in [0.3, 0.4) is 0 Å². The van der Waals surface area contributed by atoms with Crippen molar-refractivity contribution in [2.75, 3.05) is 0 Å². The standard InChI is InChI=1S/C12H16.C7H11NO2/c1-9(2)11-7-6-10-4-3-5-12(10)8-11;1-5(2)8-6(9)3-4-7(8)10/h6-9H,3-5H2,1-2H3;5H,3-4H2,1-2H3. The molecule has 1 aliphatic heterocycles. The molecule has 1 aromatic carbocycles. The number of hydrogen-bond donors (Lipinski definition) is 0. The number of nitrogens with zero attached hydrogens (tertiary/aromatic N) is 1. The molecule has 0 atom stereocenters. The van der Waals surface area contributed by atoms with Gasteiger partial charge in [-0.2, -0.15) is 0 Å². The second-order valence-electron chi connectivity index (χ2n) is 6.79. The Morgan fingerprint density at radius 3 is 1.95 bits per heavy atom. The Kier molecular flexibility index (Phi) is 5.38. The van der Waals surface area contributed by atoms with E-state index in [1.165, 1.54) is 29.7 Å². The molecule has 0 radical (unpaired) electrons. The fraction of sp³-hybridized carbons (Fsp3) is 0.579. The van der Waals surface area contributed by atoms with Crippen molar-refractivity contribution in [2.45, 2.75) is 71.8 Å². The van der Waals surface area contributed by atoms with E-state index in [9.17, 15) is 9.59 Å². The molecule has 0 saturated carbocycles. The molecule has 3 rings (SSSR count). The van der Waals surface area contributed by atoms with E-state index in [4.69, 9.17) is 0 Å². The Labute approximate surface area is 133 Å². The van der Waals surface area contributed by atoms with Crippen LogP contribution >= 0.6 is 0 Å². The molecule has 2 aliphatic rings. The maximum Gasteiger partial charge on any atom is 0.229 e. The first-order valence-electron chi connectivity index (χ1n) is 8.36. The van der Waals surface area contributed by atoms with E-state index in [-0.39, 0.29) is 17.9 Å². The predicted molar refractivity (Wildman–Crippen MR) is 88.8 cm³/mol. The van der Waals surface area contributed by atoms with Crippen LogP contribution in [0.1, 0.15) is 69.6 Å². The van der Waals surface area contributed by atoms with Crippen molar-refractivity contribution < 1.29 is 9.59 Å². The largest absolute Gasteiger partial charge is 0.280 e. The van der Waals surface area contributed by atoms with E-state index in [0.717, 1.165) is 0 Å². The van der Waals surface area contributed by atoms with Crippen molar-refractivity contribution >= 4 is 11.8 Å². The Hall–Kier alpha value is -1.64. The minimum atomic E-state index is -0.0278. The van der Waals surface area contributed by atoms with Crippen LogP contribution in [-0.4, -0.2) is 22.8 Å². The number of rotatable bonds is 2. The summed E-state index contributed by atoms with van der Waals surface area (Å²) >= 11 is 0. The van der Waals surface area contributed by atoms with Gasteiger partial charge in [0.05, 0.1) is 0 Å². The summed E-state index contributed by atoms with van der Waals surface area (Å²) in [6.45, 7) is 8.22. The van der Waals surface area contributed by atoms with Crippen LogP contribution in [0.5, 0.6) is 0 Å². The van der Waals surface area contributed by atoms with Gasteiger partial charge in [0, 0.05) is 18.9 Å². The summed E-state index contributed by atoms with van der Waals surface area (Å²) in [6, 6.07) is 7.03. The van der Waals surface area contributed by atoms with Gasteiger partial charge in [-0.3, -0.25) is 14.5 Å². The molecule has 0 spiro atoms. The van der Waals surface area contributed by atoms with Gasteiger partial charge in [-0.15, -0.1) is 0 Å². The predicted octanol–water partition coefficient (Wildman–Crippen LogP) is 3.84. The molecule has 22 heavy (non-hydrogen) atoms. The van der Waals surface area contributed by atoms with E-state index in [1.807, 2.05) is 13.8 Å². The lowest BCUT2D eigenvalue weighted by Gasteiger charge is -2.17. The van der Waals surface area contributed by atoms with Crippen molar-refractivity contribution in [1.29, 1.82) is 0 Å². The monoisotopic (exact) mass is 301 g/mol. The van der Waals surface area contributed by atoms with Crippen LogP contribution in [0.25, 0.3) is 0 Å². The van der Waals surface area contributed by atoms with Gasteiger partial charge in [0.2, 0.25) is 11.8 Å². The van der Waals surface area contributed by atoms with Gasteiger partial charge in [-0.25, -0.2) is 0 Å². The highest BCUT2D eigenvalue weighted by atomic mass is 16.2. The summed E-state index contributed by atoms with van der Waals surface area (Å²) < 4.78 is 0. The van der Waals surface area contributed by atoms with Gasteiger partial charge < -0.3 is 0 Å². The molecule has 1 fully saturated rings. The van der Waals surface area contributed by atoms with Crippen LogP contribution in [0.15, 0.2) is 18.2 Å². The van der Waals surface area contributed by atoms with Gasteiger partial charge in [-0.1, -0.05) is 32.0 Å². The molecule has 1 heterocycles. The molecule has 1 aromatic rings. The normalized spacial score (nSPS) is 17.1. The SMILES string of the molecule is CC(C)N1C(=O)CCC1=O.CC(C)c1ccc2c(c1)CCC2. The lowest BCUT2D eigenvalue weighted by molar-refractivity contribution is -0.140. The third-order valence-electron chi connectivity index (χ3n) is 4.40. The second kappa shape index (κ2) is 7.08. The van der Waals surface area contributed by atoms with Crippen molar-refractivity contribution in [2.24, 2.45) is 0 Å². The minimum Gasteiger partial charge on any atom is -0.280 e. The fourth-order valence-electron chi connectivity index (χ4n) is 3.12. The third-order valence-corrected chi connectivity index (χ3v) is 4.40. The number of carbonyl (C=O) groups is 2. The Balaban J connectivity index is 0.000000164. The number of benzene rings is 1. The quantitative estimate of drug-likeness (QED) is 0.778. The zero-order valence-corrected chi connectivity index (χ0v) is 14.2. The highest BCUT2D eigenvalue weighted by Crippen LogP contribution is 2.25. The molecule has 3 nitrogen and oxygen atoms in total. The number of carbonyl (C=O) groups excluding carboxylic acids is 2. The third kappa shape index (κ3) is 3.76. The van der Waals surface area contributed by atoms with Crippen LogP contribution in [-0.2, 0) is 22.4 Å². The summed E-state index contributed by atoms with van der Waals surface area (Å²) in [4.78, 5) is 23.2. The summed E-state index contributed by atoms with van der Waals surface area (Å²) in [6.07, 6.45) is 4.76. The molecule has 120 valence electrons. The number of likely N-dealkylation sites (tertiary alicyclic amines) is 1. The van der Waals surface area contributed by atoms with Crippen LogP contribution in [0.4, 0.5) is 0 Å². The maximum atomic E-state index is 10.9. The average molecular weight is 301 g/mol. The molecule has 0 unspecified atom stereocenters. The second-order valence-corrected chi connectivity index (χ2v) is 6.79. The summed E-state index contributed by atoms with van der Waals surface area (Å²) in [5.41, 5.74) is 4.68. The van der Waals surface area contributed by atoms with Gasteiger partial charge in [0.1, 0.15) is 0 Å². The molecule has 0 bridgehead atoms. The molecule has 1 aliphatic carbocycles. The highest BCUT2D eigenvalue weighted by molar-refractivity contribution is 6.02. The molecule has 3 heteroatoms. The van der Waals surface area contributed by atoms with E-state index >= 15 is 0 Å². The number of aryl methyl sites for hydroxylation is 2. The van der Waals surface area contributed by atoms with Gasteiger partial charge in [-0.05, 0) is 55.7 Å². The average Bonchev–Trinajstić information content (AvgIpc) is 3.05. The van der Waals surface area contributed by atoms with Gasteiger partial charge in [0.25, 0.3) is 0 Å². The lowest BCUT2D eigenvalue weighted by atomic mass is 9.99. The smallest absolute Gasteiger partial charge is 0.229 e. The number of hydrogen-bond acceptors (Lipinski definition) is 2. The summed E-state index contributed by atoms with van der Waals surface area (Å²) in [5.74, 6) is 0.621. The number of amides is 2. The zero-order chi connectivity index (χ0) is 16.3. The van der Waals surface area contributed by atoms with Gasteiger partial charge >= 0.3 is 0 Å². The fourth-order valence-corrected chi connectivity index (χ4v) is 3.12. The molecule has 2 amide bonds. The van der Waals surface area contributed by atoms with Crippen molar-refractivity contribution in [3.8, 4) is 0 Å². The zero-order valence-electron chi connectivity index (χ0n) is 14.2. The topological polar surface area (TPSA) is 37.4 Å². The molecule has 1 saturated heterocycles. The minimum absolute atomic E-state index is 0.0278. The molecule has 0 N–H and O–H groups in total. The van der Waals surface area contributed by atoms with E-state index < -0.39 is 0 Å². The Morgan fingerprint density at radius 1 is 0.864 bits per heavy atom. The molecule has 0 aromatic heterocycles. The van der Waals surface area contributed by atoms with Crippen LogP contribution in [0.2, 0.25) is 0 Å². The first-order valence-corrected chi connectivity index (χ1v) is 8.36. The summed E-state index contributed by atoms with van der Waals surface area (Å²) in [7, 11) is 0. The van der Waals surface area contributed by atoms with Crippen molar-refractivity contribution in [1.82, 2.24) is 4.90 Å². The van der Waals surface area contributed by atoms with Gasteiger partial charge in [0.15, 0.2) is 0 Å². The lowest BCUT2D eigenvalue weighted by Crippen LogP contribution is -2.35. The maximum absolute atomic E-state index is 10.9. The highest BCUT2D eigenvalue weighted by Gasteiger charge is 2.30. The first-order chi connectivity index (χ1) is 10.4. The number of imide groups is 1. The van der Waals surface area contributed by atoms with Crippen LogP contribution < -0.4 is 0 Å². The van der Waals surface area contributed by atoms with Crippen molar-refractivity contribution in [3.05, 3.63) is 34.9 Å². The van der Waals surface area contributed by atoms with E-state index in [2.05, 4.69) is 32.0 Å². The summed E-state index contributed by atoms with van der Waals surface area (Å²) in [5, 5.41) is 0. The van der Waals surface area contributed by atoms with E-state index in [1.54, 1.807) is 11.1 Å². The molecular weight excluding hydrogens is 274 g/mol. The van der Waals surface area contributed by atoms with E-state index in [0.29, 0.717) is 18.8 Å². The Bertz CT molecular complexity index is 545.